The van der Waals surface area contributed by atoms with E-state index in [4.69, 9.17) is 10.7 Å². The Hall–Kier alpha value is -1.20. The van der Waals surface area contributed by atoms with Crippen LogP contribution >= 0.6 is 11.3 Å². The van der Waals surface area contributed by atoms with E-state index in [1.807, 2.05) is 17.9 Å². The topological polar surface area (TPSA) is 56.7 Å². The molecule has 0 radical (unpaired) electrons. The summed E-state index contributed by atoms with van der Waals surface area (Å²) < 4.78 is 1.86. The average Bonchev–Trinajstić information content (AvgIpc) is 2.98. The molecule has 1 aliphatic rings. The maximum atomic E-state index is 6.48. The minimum Gasteiger partial charge on any atom is -0.318 e. The zero-order valence-electron chi connectivity index (χ0n) is 12.6. The molecule has 4 nitrogen and oxygen atoms in total. The summed E-state index contributed by atoms with van der Waals surface area (Å²) in [5.74, 6) is 0. The second-order valence-corrected chi connectivity index (χ2v) is 7.73. The Bertz CT molecular complexity index is 611. The third-order valence-electron chi connectivity index (χ3n) is 3.78. The van der Waals surface area contributed by atoms with Crippen LogP contribution in [0.2, 0.25) is 0 Å². The average molecular weight is 290 g/mol. The molecule has 108 valence electrons. The molecular formula is C15H22N4S. The third-order valence-corrected chi connectivity index (χ3v) is 5.02. The molecule has 1 atom stereocenters. The fraction of sp³-hybridized carbons (Fsp3) is 0.600. The molecule has 2 aromatic rings. The van der Waals surface area contributed by atoms with Gasteiger partial charge in [-0.05, 0) is 19.3 Å². The lowest BCUT2D eigenvalue weighted by atomic mass is 9.88. The maximum Gasteiger partial charge on any atom is 0.115 e. The summed E-state index contributed by atoms with van der Waals surface area (Å²) >= 11 is 1.78. The molecule has 5 heteroatoms. The second-order valence-electron chi connectivity index (χ2n) is 6.61. The molecule has 0 bridgehead atoms. The van der Waals surface area contributed by atoms with Crippen LogP contribution in [0.15, 0.2) is 6.20 Å². The Kier molecular flexibility index (Phi) is 3.21. The van der Waals surface area contributed by atoms with Gasteiger partial charge < -0.3 is 5.73 Å². The highest BCUT2D eigenvalue weighted by Crippen LogP contribution is 2.35. The van der Waals surface area contributed by atoms with E-state index in [2.05, 4.69) is 25.9 Å². The lowest BCUT2D eigenvalue weighted by molar-refractivity contribution is 0.545. The monoisotopic (exact) mass is 290 g/mol. The molecule has 2 N–H and O–H groups in total. The van der Waals surface area contributed by atoms with E-state index >= 15 is 0 Å². The van der Waals surface area contributed by atoms with Gasteiger partial charge in [-0.25, -0.2) is 4.98 Å². The van der Waals surface area contributed by atoms with Crippen molar-refractivity contribution in [1.82, 2.24) is 14.8 Å². The van der Waals surface area contributed by atoms with E-state index in [9.17, 15) is 0 Å². The van der Waals surface area contributed by atoms with Crippen molar-refractivity contribution in [2.24, 2.45) is 12.8 Å². The van der Waals surface area contributed by atoms with Crippen molar-refractivity contribution in [2.75, 3.05) is 0 Å². The van der Waals surface area contributed by atoms with Crippen LogP contribution in [0, 0.1) is 0 Å². The first kappa shape index (κ1) is 13.8. The second kappa shape index (κ2) is 4.67. The number of aryl methyl sites for hydroxylation is 3. The van der Waals surface area contributed by atoms with Crippen LogP contribution in [0.3, 0.4) is 0 Å². The Balaban J connectivity index is 1.99. The van der Waals surface area contributed by atoms with Gasteiger partial charge in [-0.1, -0.05) is 20.8 Å². The summed E-state index contributed by atoms with van der Waals surface area (Å²) in [7, 11) is 1.95. The van der Waals surface area contributed by atoms with Crippen molar-refractivity contribution in [1.29, 1.82) is 0 Å². The lowest BCUT2D eigenvalue weighted by Gasteiger charge is -2.19. The fourth-order valence-electron chi connectivity index (χ4n) is 2.79. The van der Waals surface area contributed by atoms with Gasteiger partial charge in [0.05, 0.1) is 17.4 Å². The fourth-order valence-corrected chi connectivity index (χ4v) is 3.97. The first-order valence-electron chi connectivity index (χ1n) is 7.14. The van der Waals surface area contributed by atoms with Gasteiger partial charge in [-0.2, -0.15) is 5.10 Å². The first-order valence-corrected chi connectivity index (χ1v) is 7.96. The zero-order valence-corrected chi connectivity index (χ0v) is 13.4. The largest absolute Gasteiger partial charge is 0.318 e. The van der Waals surface area contributed by atoms with E-state index in [0.717, 1.165) is 22.7 Å². The lowest BCUT2D eigenvalue weighted by Crippen LogP contribution is -2.20. The SMILES string of the molecule is Cn1cc(C(N)c2nc3c(s2)CCC3)c(C(C)(C)C)n1. The van der Waals surface area contributed by atoms with Crippen molar-refractivity contribution in [3.05, 3.63) is 33.0 Å². The Labute approximate surface area is 124 Å². The highest BCUT2D eigenvalue weighted by molar-refractivity contribution is 7.11. The summed E-state index contributed by atoms with van der Waals surface area (Å²) in [6, 6.07) is -0.159. The normalized spacial score (nSPS) is 16.4. The summed E-state index contributed by atoms with van der Waals surface area (Å²) in [6.45, 7) is 6.52. The quantitative estimate of drug-likeness (QED) is 0.925. The number of nitrogens with zero attached hydrogens (tertiary/aromatic N) is 3. The van der Waals surface area contributed by atoms with Crippen LogP contribution in [-0.2, 0) is 25.3 Å². The van der Waals surface area contributed by atoms with Crippen LogP contribution in [-0.4, -0.2) is 14.8 Å². The van der Waals surface area contributed by atoms with Crippen LogP contribution in [0.4, 0.5) is 0 Å². The molecule has 0 spiro atoms. The van der Waals surface area contributed by atoms with Crippen LogP contribution in [0.25, 0.3) is 0 Å². The number of rotatable bonds is 2. The maximum absolute atomic E-state index is 6.48. The molecule has 1 aliphatic carbocycles. The van der Waals surface area contributed by atoms with Crippen molar-refractivity contribution >= 4 is 11.3 Å². The minimum absolute atomic E-state index is 0.00575. The summed E-state index contributed by atoms with van der Waals surface area (Å²) in [5.41, 5.74) is 9.92. The van der Waals surface area contributed by atoms with Crippen LogP contribution in [0.1, 0.15) is 60.1 Å². The number of hydrogen-bond acceptors (Lipinski definition) is 4. The van der Waals surface area contributed by atoms with Gasteiger partial charge in [0.25, 0.3) is 0 Å². The van der Waals surface area contributed by atoms with Gasteiger partial charge >= 0.3 is 0 Å². The highest BCUT2D eigenvalue weighted by Gasteiger charge is 2.28. The smallest absolute Gasteiger partial charge is 0.115 e. The van der Waals surface area contributed by atoms with Gasteiger partial charge in [0.2, 0.25) is 0 Å². The molecule has 0 saturated carbocycles. The molecular weight excluding hydrogens is 268 g/mol. The summed E-state index contributed by atoms with van der Waals surface area (Å²) in [4.78, 5) is 6.18. The Morgan fingerprint density at radius 2 is 2.10 bits per heavy atom. The number of nitrogens with two attached hydrogens (primary N) is 1. The molecule has 0 saturated heterocycles. The molecule has 3 rings (SSSR count). The predicted molar refractivity (Wildman–Crippen MR) is 82.1 cm³/mol. The van der Waals surface area contributed by atoms with E-state index in [1.165, 1.54) is 23.4 Å². The third kappa shape index (κ3) is 2.29. The summed E-state index contributed by atoms with van der Waals surface area (Å²) in [6.07, 6.45) is 5.55. The van der Waals surface area contributed by atoms with Crippen molar-refractivity contribution < 1.29 is 0 Å². The van der Waals surface area contributed by atoms with Crippen molar-refractivity contribution in [3.8, 4) is 0 Å². The standard InChI is InChI=1S/C15H22N4S/c1-15(2,3)13-9(8-19(4)18-13)12(16)14-17-10-6-5-7-11(10)20-14/h8,12H,5-7,16H2,1-4H3. The Morgan fingerprint density at radius 3 is 2.75 bits per heavy atom. The Morgan fingerprint density at radius 1 is 1.35 bits per heavy atom. The van der Waals surface area contributed by atoms with Crippen molar-refractivity contribution in [2.45, 2.75) is 51.5 Å². The van der Waals surface area contributed by atoms with Gasteiger partial charge in [0.15, 0.2) is 0 Å². The molecule has 0 amide bonds. The van der Waals surface area contributed by atoms with Gasteiger partial charge in [0, 0.05) is 29.1 Å². The number of thiazole rings is 1. The molecule has 0 fully saturated rings. The predicted octanol–water partition coefficient (Wildman–Crippen LogP) is 2.71. The minimum atomic E-state index is -0.159. The number of fused-ring (bicyclic) bond motifs is 1. The molecule has 2 aromatic heterocycles. The van der Waals surface area contributed by atoms with E-state index in [-0.39, 0.29) is 11.5 Å². The number of aromatic nitrogens is 3. The van der Waals surface area contributed by atoms with E-state index in [1.54, 1.807) is 11.3 Å². The zero-order chi connectivity index (χ0) is 14.5. The summed E-state index contributed by atoms with van der Waals surface area (Å²) in [5, 5.41) is 5.64. The first-order chi connectivity index (χ1) is 9.36. The van der Waals surface area contributed by atoms with E-state index < -0.39 is 0 Å². The number of hydrogen-bond donors (Lipinski definition) is 1. The molecule has 0 aliphatic heterocycles. The molecule has 2 heterocycles. The molecule has 0 aromatic carbocycles. The van der Waals surface area contributed by atoms with Crippen LogP contribution < -0.4 is 5.73 Å². The van der Waals surface area contributed by atoms with Gasteiger partial charge in [-0.3, -0.25) is 4.68 Å². The van der Waals surface area contributed by atoms with Crippen molar-refractivity contribution in [3.63, 3.8) is 0 Å². The molecule has 1 unspecified atom stereocenters. The van der Waals surface area contributed by atoms with Gasteiger partial charge in [0.1, 0.15) is 5.01 Å². The highest BCUT2D eigenvalue weighted by atomic mass is 32.1. The van der Waals surface area contributed by atoms with Crippen LogP contribution in [0.5, 0.6) is 0 Å². The molecule has 20 heavy (non-hydrogen) atoms. The van der Waals surface area contributed by atoms with Gasteiger partial charge in [-0.15, -0.1) is 11.3 Å². The van der Waals surface area contributed by atoms with E-state index in [0.29, 0.717) is 0 Å².